The SMILES string of the molecule is CCC(C)NC(C)C(=O)c1ccc2c(c1)CCC2. The van der Waals surface area contributed by atoms with Gasteiger partial charge in [0.05, 0.1) is 6.04 Å². The molecule has 98 valence electrons. The number of benzene rings is 1. The molecule has 0 spiro atoms. The Labute approximate surface area is 110 Å². The molecule has 1 aliphatic carbocycles. The van der Waals surface area contributed by atoms with Crippen LogP contribution in [0.3, 0.4) is 0 Å². The number of ketones is 1. The van der Waals surface area contributed by atoms with E-state index in [0.29, 0.717) is 6.04 Å². The van der Waals surface area contributed by atoms with Crippen LogP contribution in [0.25, 0.3) is 0 Å². The third-order valence-corrected chi connectivity index (χ3v) is 3.92. The van der Waals surface area contributed by atoms with Gasteiger partial charge in [-0.2, -0.15) is 0 Å². The van der Waals surface area contributed by atoms with Gasteiger partial charge in [0.25, 0.3) is 0 Å². The molecule has 1 aromatic carbocycles. The molecule has 0 radical (unpaired) electrons. The highest BCUT2D eigenvalue weighted by Gasteiger charge is 2.19. The van der Waals surface area contributed by atoms with E-state index < -0.39 is 0 Å². The number of hydrogen-bond acceptors (Lipinski definition) is 2. The van der Waals surface area contributed by atoms with Gasteiger partial charge in [-0.05, 0) is 56.7 Å². The summed E-state index contributed by atoms with van der Waals surface area (Å²) in [5, 5.41) is 3.35. The first-order valence-corrected chi connectivity index (χ1v) is 7.04. The van der Waals surface area contributed by atoms with Crippen LogP contribution in [-0.2, 0) is 12.8 Å². The highest BCUT2D eigenvalue weighted by Crippen LogP contribution is 2.23. The maximum atomic E-state index is 12.3. The zero-order chi connectivity index (χ0) is 13.1. The van der Waals surface area contributed by atoms with Gasteiger partial charge in [-0.3, -0.25) is 4.79 Å². The summed E-state index contributed by atoms with van der Waals surface area (Å²) in [5.74, 6) is 0.213. The summed E-state index contributed by atoms with van der Waals surface area (Å²) in [6.07, 6.45) is 4.57. The van der Waals surface area contributed by atoms with E-state index in [2.05, 4.69) is 31.3 Å². The Morgan fingerprint density at radius 2 is 2.00 bits per heavy atom. The van der Waals surface area contributed by atoms with Crippen molar-refractivity contribution >= 4 is 5.78 Å². The molecule has 0 saturated carbocycles. The van der Waals surface area contributed by atoms with Crippen LogP contribution in [0.1, 0.15) is 55.1 Å². The fraction of sp³-hybridized carbons (Fsp3) is 0.562. The molecule has 2 rings (SSSR count). The van der Waals surface area contributed by atoms with E-state index in [9.17, 15) is 4.79 Å². The standard InChI is InChI=1S/C16H23NO/c1-4-11(2)17-12(3)16(18)15-9-8-13-6-5-7-14(13)10-15/h8-12,17H,4-7H2,1-3H3. The number of rotatable bonds is 5. The lowest BCUT2D eigenvalue weighted by atomic mass is 10.00. The average molecular weight is 245 g/mol. The summed E-state index contributed by atoms with van der Waals surface area (Å²) < 4.78 is 0. The predicted molar refractivity (Wildman–Crippen MR) is 75.1 cm³/mol. The van der Waals surface area contributed by atoms with Crippen LogP contribution < -0.4 is 5.32 Å². The Bertz CT molecular complexity index is 439. The van der Waals surface area contributed by atoms with Gasteiger partial charge in [0.1, 0.15) is 0 Å². The molecule has 0 amide bonds. The lowest BCUT2D eigenvalue weighted by Gasteiger charge is -2.18. The Kier molecular flexibility index (Phi) is 4.18. The zero-order valence-corrected chi connectivity index (χ0v) is 11.6. The molecule has 0 saturated heterocycles. The molecule has 2 heteroatoms. The van der Waals surface area contributed by atoms with E-state index in [1.165, 1.54) is 24.0 Å². The van der Waals surface area contributed by atoms with Crippen LogP contribution >= 0.6 is 0 Å². The molecule has 0 heterocycles. The second-order valence-corrected chi connectivity index (χ2v) is 5.40. The number of fused-ring (bicyclic) bond motifs is 1. The molecule has 1 N–H and O–H groups in total. The van der Waals surface area contributed by atoms with E-state index in [-0.39, 0.29) is 11.8 Å². The highest BCUT2D eigenvalue weighted by atomic mass is 16.1. The van der Waals surface area contributed by atoms with Gasteiger partial charge >= 0.3 is 0 Å². The Hall–Kier alpha value is -1.15. The van der Waals surface area contributed by atoms with Crippen LogP contribution in [-0.4, -0.2) is 17.9 Å². The molecule has 1 aliphatic rings. The topological polar surface area (TPSA) is 29.1 Å². The number of hydrogen-bond donors (Lipinski definition) is 1. The van der Waals surface area contributed by atoms with Gasteiger partial charge in [0, 0.05) is 11.6 Å². The van der Waals surface area contributed by atoms with Crippen LogP contribution in [0.15, 0.2) is 18.2 Å². The molecular weight excluding hydrogens is 222 g/mol. The summed E-state index contributed by atoms with van der Waals surface area (Å²) in [6.45, 7) is 6.21. The number of aryl methyl sites for hydroxylation is 2. The quantitative estimate of drug-likeness (QED) is 0.807. The maximum Gasteiger partial charge on any atom is 0.179 e. The first kappa shape index (κ1) is 13.3. The zero-order valence-electron chi connectivity index (χ0n) is 11.6. The molecule has 0 aliphatic heterocycles. The van der Waals surface area contributed by atoms with E-state index in [1.54, 1.807) is 0 Å². The molecule has 0 fully saturated rings. The number of nitrogens with one attached hydrogen (secondary N) is 1. The number of Topliss-reactive ketones (excluding diaryl/α,β-unsaturated/α-hetero) is 1. The molecule has 18 heavy (non-hydrogen) atoms. The Morgan fingerprint density at radius 1 is 1.28 bits per heavy atom. The monoisotopic (exact) mass is 245 g/mol. The molecular formula is C16H23NO. The largest absolute Gasteiger partial charge is 0.305 e. The average Bonchev–Trinajstić information content (AvgIpc) is 2.84. The minimum atomic E-state index is -0.0978. The molecule has 0 bridgehead atoms. The normalized spacial score (nSPS) is 17.3. The minimum Gasteiger partial charge on any atom is -0.305 e. The van der Waals surface area contributed by atoms with Gasteiger partial charge in [-0.1, -0.05) is 19.1 Å². The first-order chi connectivity index (χ1) is 8.61. The molecule has 2 nitrogen and oxygen atoms in total. The van der Waals surface area contributed by atoms with Crippen LogP contribution in [0.5, 0.6) is 0 Å². The fourth-order valence-electron chi connectivity index (χ4n) is 2.60. The second kappa shape index (κ2) is 5.66. The van der Waals surface area contributed by atoms with Crippen molar-refractivity contribution in [3.8, 4) is 0 Å². The van der Waals surface area contributed by atoms with Crippen LogP contribution in [0.4, 0.5) is 0 Å². The van der Waals surface area contributed by atoms with E-state index >= 15 is 0 Å². The van der Waals surface area contributed by atoms with Crippen molar-refractivity contribution in [3.63, 3.8) is 0 Å². The lowest BCUT2D eigenvalue weighted by Crippen LogP contribution is -2.39. The van der Waals surface area contributed by atoms with Crippen LogP contribution in [0.2, 0.25) is 0 Å². The second-order valence-electron chi connectivity index (χ2n) is 5.40. The molecule has 0 aromatic heterocycles. The third kappa shape index (κ3) is 2.81. The van der Waals surface area contributed by atoms with Gasteiger partial charge < -0.3 is 5.32 Å². The molecule has 1 aromatic rings. The number of carbonyl (C=O) groups excluding carboxylic acids is 1. The first-order valence-electron chi connectivity index (χ1n) is 7.04. The summed E-state index contributed by atoms with van der Waals surface area (Å²) >= 11 is 0. The molecule has 2 unspecified atom stereocenters. The van der Waals surface area contributed by atoms with Crippen molar-refractivity contribution in [1.29, 1.82) is 0 Å². The van der Waals surface area contributed by atoms with E-state index in [0.717, 1.165) is 18.4 Å². The van der Waals surface area contributed by atoms with Crippen molar-refractivity contribution in [1.82, 2.24) is 5.32 Å². The summed E-state index contributed by atoms with van der Waals surface area (Å²) in [5.41, 5.74) is 3.66. The van der Waals surface area contributed by atoms with Gasteiger partial charge in [0.15, 0.2) is 5.78 Å². The highest BCUT2D eigenvalue weighted by molar-refractivity contribution is 6.00. The van der Waals surface area contributed by atoms with Crippen molar-refractivity contribution in [2.45, 2.75) is 58.5 Å². The number of carbonyl (C=O) groups is 1. The van der Waals surface area contributed by atoms with Crippen molar-refractivity contribution in [2.24, 2.45) is 0 Å². The van der Waals surface area contributed by atoms with Crippen LogP contribution in [0, 0.1) is 0 Å². The van der Waals surface area contributed by atoms with Crippen molar-refractivity contribution in [2.75, 3.05) is 0 Å². The van der Waals surface area contributed by atoms with E-state index in [1.807, 2.05) is 13.0 Å². The summed E-state index contributed by atoms with van der Waals surface area (Å²) in [6, 6.07) is 6.50. The molecule has 2 atom stereocenters. The minimum absolute atomic E-state index is 0.0978. The third-order valence-electron chi connectivity index (χ3n) is 3.92. The van der Waals surface area contributed by atoms with E-state index in [4.69, 9.17) is 0 Å². The smallest absolute Gasteiger partial charge is 0.179 e. The van der Waals surface area contributed by atoms with Crippen molar-refractivity contribution < 1.29 is 4.79 Å². The summed E-state index contributed by atoms with van der Waals surface area (Å²) in [7, 11) is 0. The van der Waals surface area contributed by atoms with Gasteiger partial charge in [-0.25, -0.2) is 0 Å². The van der Waals surface area contributed by atoms with Gasteiger partial charge in [-0.15, -0.1) is 0 Å². The van der Waals surface area contributed by atoms with Gasteiger partial charge in [0.2, 0.25) is 0 Å². The lowest BCUT2D eigenvalue weighted by molar-refractivity contribution is 0.0945. The maximum absolute atomic E-state index is 12.3. The Morgan fingerprint density at radius 3 is 2.72 bits per heavy atom. The Balaban J connectivity index is 2.09. The van der Waals surface area contributed by atoms with Crippen molar-refractivity contribution in [3.05, 3.63) is 34.9 Å². The fourth-order valence-corrected chi connectivity index (χ4v) is 2.60. The predicted octanol–water partition coefficient (Wildman–Crippen LogP) is 3.13. The summed E-state index contributed by atoms with van der Waals surface area (Å²) in [4.78, 5) is 12.3.